The molecule has 4 nitrogen and oxygen atoms in total. The number of azo groups is 2. The largest absolute Gasteiger partial charge is 2.00 e. The van der Waals surface area contributed by atoms with Crippen molar-refractivity contribution in [1.82, 2.24) is 0 Å². The predicted octanol–water partition coefficient (Wildman–Crippen LogP) is 7.64. The summed E-state index contributed by atoms with van der Waals surface area (Å²) in [6, 6.07) is 34.9. The molecule has 0 radical (unpaired) electrons. The van der Waals surface area contributed by atoms with Crippen LogP contribution in [0.3, 0.4) is 0 Å². The van der Waals surface area contributed by atoms with Crippen molar-refractivity contribution in [3.63, 3.8) is 0 Å². The third kappa shape index (κ3) is 7.33. The van der Waals surface area contributed by atoms with E-state index in [4.69, 9.17) is 0 Å². The van der Waals surface area contributed by atoms with E-state index in [1.54, 1.807) is 0 Å². The second-order valence-electron chi connectivity index (χ2n) is 5.36. The Kier molecular flexibility index (Phi) is 8.58. The van der Waals surface area contributed by atoms with Crippen LogP contribution in [0, 0.1) is 0 Å². The summed E-state index contributed by atoms with van der Waals surface area (Å²) in [5.74, 6) is 0. The molecule has 0 spiro atoms. The smallest absolute Gasteiger partial charge is 0.218 e. The molecule has 5 heteroatoms. The molecule has 0 unspecified atom stereocenters. The number of rotatable bonds is 4. The third-order valence-electron chi connectivity index (χ3n) is 3.36. The Morgan fingerprint density at radius 1 is 0.444 bits per heavy atom. The Morgan fingerprint density at radius 2 is 0.778 bits per heavy atom. The maximum Gasteiger partial charge on any atom is 2.00 e. The van der Waals surface area contributed by atoms with E-state index in [0.29, 0.717) is 0 Å². The summed E-state index contributed by atoms with van der Waals surface area (Å²) < 4.78 is 0. The molecule has 4 aromatic carbocycles. The van der Waals surface area contributed by atoms with Crippen molar-refractivity contribution in [2.24, 2.45) is 20.5 Å². The molecule has 4 rings (SSSR count). The summed E-state index contributed by atoms with van der Waals surface area (Å²) in [6.07, 6.45) is 0. The van der Waals surface area contributed by atoms with E-state index in [1.165, 1.54) is 0 Å². The maximum absolute atomic E-state index is 4.07. The summed E-state index contributed by atoms with van der Waals surface area (Å²) in [7, 11) is 0. The summed E-state index contributed by atoms with van der Waals surface area (Å²) in [5, 5.41) is 16.3. The maximum atomic E-state index is 4.07. The van der Waals surface area contributed by atoms with Gasteiger partial charge in [-0.3, -0.25) is 0 Å². The van der Waals surface area contributed by atoms with Gasteiger partial charge in [-0.2, -0.15) is 34.5 Å². The van der Waals surface area contributed by atoms with Gasteiger partial charge in [0.05, 0.1) is 11.4 Å². The van der Waals surface area contributed by atoms with Crippen LogP contribution in [0.25, 0.3) is 0 Å². The number of hydrogen-bond donors (Lipinski definition) is 0. The molecule has 0 N–H and O–H groups in total. The van der Waals surface area contributed by atoms with Crippen molar-refractivity contribution in [2.75, 3.05) is 0 Å². The minimum Gasteiger partial charge on any atom is -0.218 e. The van der Waals surface area contributed by atoms with E-state index in [1.807, 2.05) is 109 Å². The summed E-state index contributed by atoms with van der Waals surface area (Å²) >= 11 is 0. The first-order valence-corrected chi connectivity index (χ1v) is 8.27. The minimum atomic E-state index is 0. The van der Waals surface area contributed by atoms with Crippen molar-refractivity contribution < 1.29 is 17.4 Å². The van der Waals surface area contributed by atoms with E-state index in [-0.39, 0.29) is 17.4 Å². The molecule has 0 saturated heterocycles. The van der Waals surface area contributed by atoms with Gasteiger partial charge in [0.15, 0.2) is 0 Å². The SMILES string of the molecule is [Cr+2].c1ccc(N=N[c-]2cccc2)cc1.c1ccc(N=N[c-]2cccc2)cc1. The molecule has 132 valence electrons. The Morgan fingerprint density at radius 3 is 1.11 bits per heavy atom. The predicted molar refractivity (Wildman–Crippen MR) is 105 cm³/mol. The summed E-state index contributed by atoms with van der Waals surface area (Å²) in [6.45, 7) is 0. The summed E-state index contributed by atoms with van der Waals surface area (Å²) in [4.78, 5) is 0. The fraction of sp³-hybridized carbons (Fsp3) is 0. The third-order valence-corrected chi connectivity index (χ3v) is 3.36. The molecular weight excluding hydrogens is 372 g/mol. The minimum absolute atomic E-state index is 0. The normalized spacial score (nSPS) is 10.4. The quantitative estimate of drug-likeness (QED) is 0.254. The van der Waals surface area contributed by atoms with Gasteiger partial charge in [0.25, 0.3) is 0 Å². The molecule has 4 aromatic rings. The first kappa shape index (κ1) is 20.2. The molecule has 0 aliphatic heterocycles. The average molecular weight is 390 g/mol. The van der Waals surface area contributed by atoms with Crippen molar-refractivity contribution in [2.45, 2.75) is 0 Å². The fourth-order valence-corrected chi connectivity index (χ4v) is 2.08. The van der Waals surface area contributed by atoms with Gasteiger partial charge in [0, 0.05) is 0 Å². The molecule has 0 bridgehead atoms. The molecule has 0 fully saturated rings. The Labute approximate surface area is 169 Å². The average Bonchev–Trinajstić information content (AvgIpc) is 3.41. The zero-order valence-corrected chi connectivity index (χ0v) is 15.9. The van der Waals surface area contributed by atoms with E-state index >= 15 is 0 Å². The molecule has 0 aliphatic rings. The summed E-state index contributed by atoms with van der Waals surface area (Å²) in [5.41, 5.74) is 3.54. The standard InChI is InChI=1S/2C11H9N2.Cr/c2*1-2-6-10(7-3-1)12-13-11-8-4-5-9-11;/h2*1-9H;/q2*-1;+2. The van der Waals surface area contributed by atoms with Crippen LogP contribution in [0.15, 0.2) is 130 Å². The molecule has 0 aliphatic carbocycles. The zero-order valence-electron chi connectivity index (χ0n) is 14.6. The Balaban J connectivity index is 0.000000187. The molecule has 0 heterocycles. The Hall–Kier alpha value is -3.13. The second kappa shape index (κ2) is 11.5. The number of hydrogen-bond acceptors (Lipinski definition) is 4. The molecular formula is C22H18CrN4. The van der Waals surface area contributed by atoms with Gasteiger partial charge in [-0.25, -0.2) is 34.5 Å². The van der Waals surface area contributed by atoms with Crippen LogP contribution in [-0.2, 0) is 17.4 Å². The van der Waals surface area contributed by atoms with Crippen LogP contribution in [-0.4, -0.2) is 0 Å². The molecule has 0 amide bonds. The van der Waals surface area contributed by atoms with E-state index in [0.717, 1.165) is 22.7 Å². The molecule has 0 atom stereocenters. The fourth-order valence-electron chi connectivity index (χ4n) is 2.08. The van der Waals surface area contributed by atoms with Crippen molar-refractivity contribution >= 4 is 22.7 Å². The van der Waals surface area contributed by atoms with Crippen LogP contribution in [0.2, 0.25) is 0 Å². The molecule has 0 aromatic heterocycles. The van der Waals surface area contributed by atoms with Crippen molar-refractivity contribution in [3.8, 4) is 0 Å². The second-order valence-corrected chi connectivity index (χ2v) is 5.36. The van der Waals surface area contributed by atoms with Gasteiger partial charge in [-0.1, -0.05) is 36.4 Å². The molecule has 27 heavy (non-hydrogen) atoms. The van der Waals surface area contributed by atoms with Crippen LogP contribution in [0.1, 0.15) is 0 Å². The van der Waals surface area contributed by atoms with Crippen LogP contribution < -0.4 is 0 Å². The van der Waals surface area contributed by atoms with Gasteiger partial charge < -0.3 is 0 Å². The molecule has 0 saturated carbocycles. The van der Waals surface area contributed by atoms with Gasteiger partial charge in [-0.15, -0.1) is 0 Å². The van der Waals surface area contributed by atoms with E-state index in [9.17, 15) is 0 Å². The Bertz CT molecular complexity index is 833. The number of nitrogens with zero attached hydrogens (tertiary/aromatic N) is 4. The zero-order chi connectivity index (χ0) is 17.9. The number of benzene rings is 2. The first-order valence-electron chi connectivity index (χ1n) is 8.27. The van der Waals surface area contributed by atoms with Gasteiger partial charge in [-0.05, 0) is 35.6 Å². The van der Waals surface area contributed by atoms with Crippen molar-refractivity contribution in [3.05, 3.63) is 109 Å². The van der Waals surface area contributed by atoms with Gasteiger partial charge in [0.1, 0.15) is 0 Å². The van der Waals surface area contributed by atoms with Gasteiger partial charge in [0.2, 0.25) is 0 Å². The monoisotopic (exact) mass is 390 g/mol. The van der Waals surface area contributed by atoms with Crippen LogP contribution in [0.4, 0.5) is 22.7 Å². The first-order chi connectivity index (χ1) is 12.9. The topological polar surface area (TPSA) is 49.4 Å². The van der Waals surface area contributed by atoms with E-state index in [2.05, 4.69) is 20.5 Å². The van der Waals surface area contributed by atoms with Crippen molar-refractivity contribution in [1.29, 1.82) is 0 Å². The van der Waals surface area contributed by atoms with Crippen LogP contribution >= 0.6 is 0 Å². The van der Waals surface area contributed by atoms with Crippen LogP contribution in [0.5, 0.6) is 0 Å². The van der Waals surface area contributed by atoms with E-state index < -0.39 is 0 Å². The van der Waals surface area contributed by atoms with Gasteiger partial charge >= 0.3 is 17.4 Å².